The van der Waals surface area contributed by atoms with Crippen LogP contribution in [0.25, 0.3) is 0 Å². The first-order valence-electron chi connectivity index (χ1n) is 7.87. The van der Waals surface area contributed by atoms with Crippen molar-refractivity contribution in [1.29, 1.82) is 0 Å². The van der Waals surface area contributed by atoms with Crippen LogP contribution < -0.4 is 0 Å². The Labute approximate surface area is 136 Å². The van der Waals surface area contributed by atoms with E-state index in [0.717, 1.165) is 18.2 Å². The fraction of sp³-hybridized carbons (Fsp3) is 0.529. The van der Waals surface area contributed by atoms with Crippen molar-refractivity contribution in [2.45, 2.75) is 33.4 Å². The molecule has 1 atom stereocenters. The lowest BCUT2D eigenvalue weighted by atomic mass is 10.1. The van der Waals surface area contributed by atoms with Gasteiger partial charge >= 0.3 is 0 Å². The first kappa shape index (κ1) is 17.6. The molecule has 0 fully saturated rings. The lowest BCUT2D eigenvalue weighted by Gasteiger charge is -2.26. The minimum Gasteiger partial charge on any atom is -0.387 e. The molecule has 5 nitrogen and oxygen atoms in total. The van der Waals surface area contributed by atoms with Crippen LogP contribution in [0.3, 0.4) is 0 Å². The van der Waals surface area contributed by atoms with Crippen LogP contribution in [0.5, 0.6) is 0 Å². The van der Waals surface area contributed by atoms with Crippen molar-refractivity contribution in [3.8, 4) is 0 Å². The highest BCUT2D eigenvalue weighted by Gasteiger charge is 2.17. The molecule has 1 N–H and O–H groups in total. The van der Waals surface area contributed by atoms with Crippen LogP contribution in [0.4, 0.5) is 4.39 Å². The van der Waals surface area contributed by atoms with E-state index in [2.05, 4.69) is 28.9 Å². The third-order valence-electron chi connectivity index (χ3n) is 3.86. The van der Waals surface area contributed by atoms with Crippen molar-refractivity contribution in [3.05, 3.63) is 47.3 Å². The molecular formula is C17H25FN4O. The number of aliphatic hydroxyl groups is 1. The van der Waals surface area contributed by atoms with Gasteiger partial charge in [-0.25, -0.2) is 4.39 Å². The van der Waals surface area contributed by atoms with E-state index >= 15 is 0 Å². The number of rotatable bonds is 7. The second-order valence-electron chi connectivity index (χ2n) is 6.38. The predicted molar refractivity (Wildman–Crippen MR) is 87.2 cm³/mol. The van der Waals surface area contributed by atoms with Gasteiger partial charge in [0.2, 0.25) is 0 Å². The first-order valence-corrected chi connectivity index (χ1v) is 7.87. The lowest BCUT2D eigenvalue weighted by Crippen LogP contribution is -2.32. The van der Waals surface area contributed by atoms with Gasteiger partial charge in [0.1, 0.15) is 17.5 Å². The quantitative estimate of drug-likeness (QED) is 0.851. The summed E-state index contributed by atoms with van der Waals surface area (Å²) in [7, 11) is 1.94. The Morgan fingerprint density at radius 2 is 1.83 bits per heavy atom. The van der Waals surface area contributed by atoms with Gasteiger partial charge in [0.15, 0.2) is 0 Å². The molecule has 1 unspecified atom stereocenters. The zero-order chi connectivity index (χ0) is 17.0. The smallest absolute Gasteiger partial charge is 0.146 e. The molecule has 0 aliphatic carbocycles. The molecule has 2 aromatic rings. The number of hydrogen-bond acceptors (Lipinski definition) is 4. The van der Waals surface area contributed by atoms with Crippen LogP contribution in [0.1, 0.15) is 37.2 Å². The molecule has 6 heteroatoms. The Morgan fingerprint density at radius 1 is 1.17 bits per heavy atom. The van der Waals surface area contributed by atoms with E-state index in [1.165, 1.54) is 12.1 Å². The molecule has 23 heavy (non-hydrogen) atoms. The van der Waals surface area contributed by atoms with Crippen LogP contribution >= 0.6 is 0 Å². The van der Waals surface area contributed by atoms with Gasteiger partial charge in [0.05, 0.1) is 12.6 Å². The molecule has 1 heterocycles. The van der Waals surface area contributed by atoms with E-state index in [1.54, 1.807) is 12.1 Å². The predicted octanol–water partition coefficient (Wildman–Crippen LogP) is 2.45. The molecule has 0 saturated carbocycles. The van der Waals surface area contributed by atoms with E-state index < -0.39 is 6.10 Å². The summed E-state index contributed by atoms with van der Waals surface area (Å²) in [6, 6.07) is 5.99. The number of nitrogens with zero attached hydrogens (tertiary/aromatic N) is 4. The second-order valence-corrected chi connectivity index (χ2v) is 6.38. The molecule has 0 aliphatic heterocycles. The SMILES string of the molecule is Cc1nnc(CN(CC(C)C)CC(O)c2ccc(F)cc2)n1C. The number of aliphatic hydroxyl groups excluding tert-OH is 1. The Hall–Kier alpha value is -1.79. The van der Waals surface area contributed by atoms with Crippen molar-refractivity contribution >= 4 is 0 Å². The maximum Gasteiger partial charge on any atom is 0.146 e. The fourth-order valence-electron chi connectivity index (χ4n) is 2.54. The minimum absolute atomic E-state index is 0.297. The second kappa shape index (κ2) is 7.66. The van der Waals surface area contributed by atoms with Crippen LogP contribution in [0.2, 0.25) is 0 Å². The molecule has 0 bridgehead atoms. The number of halogens is 1. The van der Waals surface area contributed by atoms with Crippen molar-refractivity contribution in [3.63, 3.8) is 0 Å². The molecule has 1 aromatic heterocycles. The standard InChI is InChI=1S/C17H25FN4O/c1-12(2)9-22(11-17-20-19-13(3)21(17)4)10-16(23)14-5-7-15(18)8-6-14/h5-8,12,16,23H,9-11H2,1-4H3. The molecule has 1 aromatic carbocycles. The maximum absolute atomic E-state index is 13.0. The van der Waals surface area contributed by atoms with Crippen LogP contribution in [-0.4, -0.2) is 37.9 Å². The Bertz CT molecular complexity index is 624. The largest absolute Gasteiger partial charge is 0.387 e. The Kier molecular flexibility index (Phi) is 5.85. The molecule has 0 amide bonds. The van der Waals surface area contributed by atoms with Gasteiger partial charge in [-0.2, -0.15) is 0 Å². The van der Waals surface area contributed by atoms with Gasteiger partial charge in [-0.3, -0.25) is 4.90 Å². The van der Waals surface area contributed by atoms with Crippen molar-refractivity contribution in [2.24, 2.45) is 13.0 Å². The summed E-state index contributed by atoms with van der Waals surface area (Å²) in [6.07, 6.45) is -0.663. The van der Waals surface area contributed by atoms with Gasteiger partial charge < -0.3 is 9.67 Å². The number of benzene rings is 1. The lowest BCUT2D eigenvalue weighted by molar-refractivity contribution is 0.0994. The summed E-state index contributed by atoms with van der Waals surface area (Å²) < 4.78 is 15.0. The highest BCUT2D eigenvalue weighted by Crippen LogP contribution is 2.17. The average Bonchev–Trinajstić information content (AvgIpc) is 2.79. The Morgan fingerprint density at radius 3 is 2.35 bits per heavy atom. The summed E-state index contributed by atoms with van der Waals surface area (Å²) >= 11 is 0. The summed E-state index contributed by atoms with van der Waals surface area (Å²) in [5.74, 6) is 1.90. The normalized spacial score (nSPS) is 13.0. The van der Waals surface area contributed by atoms with Gasteiger partial charge in [-0.05, 0) is 30.5 Å². The number of aryl methyl sites for hydroxylation is 1. The number of aromatic nitrogens is 3. The Balaban J connectivity index is 2.08. The third kappa shape index (κ3) is 4.84. The molecule has 2 rings (SSSR count). The maximum atomic E-state index is 13.0. The van der Waals surface area contributed by atoms with Gasteiger partial charge in [0, 0.05) is 20.1 Å². The zero-order valence-electron chi connectivity index (χ0n) is 14.2. The zero-order valence-corrected chi connectivity index (χ0v) is 14.2. The molecular weight excluding hydrogens is 295 g/mol. The topological polar surface area (TPSA) is 54.2 Å². The highest BCUT2D eigenvalue weighted by atomic mass is 19.1. The summed E-state index contributed by atoms with van der Waals surface area (Å²) in [4.78, 5) is 2.15. The van der Waals surface area contributed by atoms with Gasteiger partial charge in [-0.15, -0.1) is 10.2 Å². The van der Waals surface area contributed by atoms with E-state index in [1.807, 2.05) is 18.5 Å². The fourth-order valence-corrected chi connectivity index (χ4v) is 2.54. The first-order chi connectivity index (χ1) is 10.9. The van der Waals surface area contributed by atoms with Crippen molar-refractivity contribution < 1.29 is 9.50 Å². The monoisotopic (exact) mass is 320 g/mol. The van der Waals surface area contributed by atoms with E-state index in [-0.39, 0.29) is 5.82 Å². The summed E-state index contributed by atoms with van der Waals surface area (Å²) in [5.41, 5.74) is 0.717. The molecule has 0 saturated heterocycles. The summed E-state index contributed by atoms with van der Waals surface area (Å²) in [6.45, 7) is 8.11. The van der Waals surface area contributed by atoms with E-state index in [9.17, 15) is 9.50 Å². The molecule has 126 valence electrons. The summed E-state index contributed by atoms with van der Waals surface area (Å²) in [5, 5.41) is 18.7. The van der Waals surface area contributed by atoms with Crippen molar-refractivity contribution in [1.82, 2.24) is 19.7 Å². The van der Waals surface area contributed by atoms with Crippen molar-refractivity contribution in [2.75, 3.05) is 13.1 Å². The van der Waals surface area contributed by atoms with Gasteiger partial charge in [0.25, 0.3) is 0 Å². The highest BCUT2D eigenvalue weighted by molar-refractivity contribution is 5.18. The van der Waals surface area contributed by atoms with Crippen LogP contribution in [0, 0.1) is 18.7 Å². The molecule has 0 spiro atoms. The minimum atomic E-state index is -0.663. The van der Waals surface area contributed by atoms with E-state index in [0.29, 0.717) is 24.6 Å². The molecule has 0 radical (unpaired) electrons. The number of hydrogen-bond donors (Lipinski definition) is 1. The van der Waals surface area contributed by atoms with Crippen LogP contribution in [0.15, 0.2) is 24.3 Å². The van der Waals surface area contributed by atoms with Crippen LogP contribution in [-0.2, 0) is 13.6 Å². The van der Waals surface area contributed by atoms with Gasteiger partial charge in [-0.1, -0.05) is 26.0 Å². The van der Waals surface area contributed by atoms with E-state index in [4.69, 9.17) is 0 Å². The third-order valence-corrected chi connectivity index (χ3v) is 3.86. The average molecular weight is 320 g/mol. The molecule has 0 aliphatic rings.